The van der Waals surface area contributed by atoms with E-state index in [1.807, 2.05) is 12.1 Å². The van der Waals surface area contributed by atoms with E-state index in [4.69, 9.17) is 0 Å². The molecule has 0 saturated carbocycles. The van der Waals surface area contributed by atoms with E-state index in [1.54, 1.807) is 6.07 Å². The molecule has 1 aromatic rings. The second kappa shape index (κ2) is 8.28. The van der Waals surface area contributed by atoms with Crippen LogP contribution in [-0.4, -0.2) is 6.54 Å². The largest absolute Gasteiger partial charge is 0.310 e. The SMILES string of the molecule is CCCNC(CC(C)CC(C)(C)C)c1cccc(Br)c1F. The lowest BCUT2D eigenvalue weighted by Gasteiger charge is -2.28. The van der Waals surface area contributed by atoms with Crippen molar-refractivity contribution in [1.29, 1.82) is 0 Å². The lowest BCUT2D eigenvalue weighted by molar-refractivity contribution is 0.274. The van der Waals surface area contributed by atoms with Crippen molar-refractivity contribution in [2.24, 2.45) is 11.3 Å². The van der Waals surface area contributed by atoms with Crippen LogP contribution in [0.3, 0.4) is 0 Å². The number of rotatable bonds is 7. The molecule has 3 heteroatoms. The minimum atomic E-state index is -0.130. The quantitative estimate of drug-likeness (QED) is 0.622. The summed E-state index contributed by atoms with van der Waals surface area (Å²) in [5.74, 6) is 0.423. The van der Waals surface area contributed by atoms with Crippen LogP contribution >= 0.6 is 15.9 Å². The van der Waals surface area contributed by atoms with Gasteiger partial charge in [0.1, 0.15) is 5.82 Å². The molecule has 1 aromatic carbocycles. The van der Waals surface area contributed by atoms with E-state index in [0.29, 0.717) is 15.8 Å². The second-order valence-corrected chi connectivity index (χ2v) is 8.11. The molecule has 120 valence electrons. The molecule has 0 amide bonds. The molecule has 0 radical (unpaired) electrons. The Morgan fingerprint density at radius 2 is 1.95 bits per heavy atom. The third-order valence-electron chi connectivity index (χ3n) is 3.60. The fourth-order valence-electron chi connectivity index (χ4n) is 2.96. The van der Waals surface area contributed by atoms with Gasteiger partial charge in [0.25, 0.3) is 0 Å². The molecule has 2 atom stereocenters. The van der Waals surface area contributed by atoms with E-state index in [9.17, 15) is 4.39 Å². The van der Waals surface area contributed by atoms with Crippen molar-refractivity contribution >= 4 is 15.9 Å². The average molecular weight is 358 g/mol. The van der Waals surface area contributed by atoms with Crippen molar-refractivity contribution in [3.05, 3.63) is 34.1 Å². The molecule has 1 N–H and O–H groups in total. The topological polar surface area (TPSA) is 12.0 Å². The van der Waals surface area contributed by atoms with E-state index in [1.165, 1.54) is 0 Å². The van der Waals surface area contributed by atoms with Crippen molar-refractivity contribution in [3.63, 3.8) is 0 Å². The summed E-state index contributed by atoms with van der Waals surface area (Å²) in [4.78, 5) is 0. The van der Waals surface area contributed by atoms with Crippen LogP contribution < -0.4 is 5.32 Å². The lowest BCUT2D eigenvalue weighted by atomic mass is 9.82. The molecule has 21 heavy (non-hydrogen) atoms. The first kappa shape index (κ1) is 18.6. The predicted molar refractivity (Wildman–Crippen MR) is 93.0 cm³/mol. The van der Waals surface area contributed by atoms with Crippen LogP contribution in [0.15, 0.2) is 22.7 Å². The van der Waals surface area contributed by atoms with Gasteiger partial charge in [-0.3, -0.25) is 0 Å². The van der Waals surface area contributed by atoms with Crippen molar-refractivity contribution in [2.75, 3.05) is 6.54 Å². The van der Waals surface area contributed by atoms with E-state index in [2.05, 4.69) is 55.9 Å². The summed E-state index contributed by atoms with van der Waals surface area (Å²) in [5.41, 5.74) is 1.09. The summed E-state index contributed by atoms with van der Waals surface area (Å²) < 4.78 is 14.9. The molecule has 1 nitrogen and oxygen atoms in total. The Bertz CT molecular complexity index is 439. The summed E-state index contributed by atoms with van der Waals surface area (Å²) in [6, 6.07) is 5.66. The zero-order chi connectivity index (χ0) is 16.0. The normalized spacial score (nSPS) is 15.0. The number of hydrogen-bond donors (Lipinski definition) is 1. The zero-order valence-electron chi connectivity index (χ0n) is 14.0. The molecule has 0 aliphatic rings. The highest BCUT2D eigenvalue weighted by molar-refractivity contribution is 9.10. The van der Waals surface area contributed by atoms with Crippen LogP contribution in [-0.2, 0) is 0 Å². The van der Waals surface area contributed by atoms with Crippen LogP contribution in [0.1, 0.15) is 65.5 Å². The van der Waals surface area contributed by atoms with Gasteiger partial charge in [-0.05, 0) is 59.1 Å². The smallest absolute Gasteiger partial charge is 0.142 e. The maximum atomic E-state index is 14.4. The number of halogens is 2. The number of nitrogens with one attached hydrogen (secondary N) is 1. The highest BCUT2D eigenvalue weighted by Gasteiger charge is 2.22. The van der Waals surface area contributed by atoms with Crippen molar-refractivity contribution in [1.82, 2.24) is 5.32 Å². The van der Waals surface area contributed by atoms with Crippen LogP contribution in [0.5, 0.6) is 0 Å². The molecule has 0 aromatic heterocycles. The summed E-state index contributed by atoms with van der Waals surface area (Å²) in [6.07, 6.45) is 3.16. The molecule has 0 aliphatic heterocycles. The third-order valence-corrected chi connectivity index (χ3v) is 4.21. The van der Waals surface area contributed by atoms with Gasteiger partial charge in [0.15, 0.2) is 0 Å². The molecule has 0 saturated heterocycles. The highest BCUT2D eigenvalue weighted by Crippen LogP contribution is 2.32. The second-order valence-electron chi connectivity index (χ2n) is 7.26. The van der Waals surface area contributed by atoms with Gasteiger partial charge < -0.3 is 5.32 Å². The molecule has 0 bridgehead atoms. The lowest BCUT2D eigenvalue weighted by Crippen LogP contribution is -2.26. The van der Waals surface area contributed by atoms with Gasteiger partial charge in [-0.2, -0.15) is 0 Å². The minimum Gasteiger partial charge on any atom is -0.310 e. The van der Waals surface area contributed by atoms with E-state index in [-0.39, 0.29) is 11.9 Å². The fourth-order valence-corrected chi connectivity index (χ4v) is 3.34. The first-order chi connectivity index (χ1) is 9.74. The predicted octanol–water partition coefficient (Wildman–Crippen LogP) is 6.09. The molecular weight excluding hydrogens is 329 g/mol. The Labute approximate surface area is 137 Å². The highest BCUT2D eigenvalue weighted by atomic mass is 79.9. The van der Waals surface area contributed by atoms with E-state index >= 15 is 0 Å². The number of hydrogen-bond acceptors (Lipinski definition) is 1. The van der Waals surface area contributed by atoms with Crippen molar-refractivity contribution in [3.8, 4) is 0 Å². The van der Waals surface area contributed by atoms with Crippen LogP contribution in [0.4, 0.5) is 4.39 Å². The molecule has 0 fully saturated rings. The molecule has 0 spiro atoms. The Hall–Kier alpha value is -0.410. The van der Waals surface area contributed by atoms with Crippen LogP contribution in [0.25, 0.3) is 0 Å². The Kier molecular flexibility index (Phi) is 7.35. The molecule has 0 heterocycles. The molecule has 2 unspecified atom stereocenters. The minimum absolute atomic E-state index is 0.0831. The van der Waals surface area contributed by atoms with Gasteiger partial charge in [0.2, 0.25) is 0 Å². The summed E-state index contributed by atoms with van der Waals surface area (Å²) in [5, 5.41) is 3.51. The number of benzene rings is 1. The van der Waals surface area contributed by atoms with E-state index in [0.717, 1.165) is 31.4 Å². The Morgan fingerprint density at radius 3 is 2.52 bits per heavy atom. The van der Waals surface area contributed by atoms with Gasteiger partial charge in [0, 0.05) is 11.6 Å². The fraction of sp³-hybridized carbons (Fsp3) is 0.667. The third kappa shape index (κ3) is 6.48. The zero-order valence-corrected chi connectivity index (χ0v) is 15.6. The molecular formula is C18H29BrFN. The van der Waals surface area contributed by atoms with Crippen LogP contribution in [0.2, 0.25) is 0 Å². The summed E-state index contributed by atoms with van der Waals surface area (Å²) >= 11 is 3.29. The summed E-state index contributed by atoms with van der Waals surface area (Å²) in [6.45, 7) is 12.1. The summed E-state index contributed by atoms with van der Waals surface area (Å²) in [7, 11) is 0. The first-order valence-corrected chi connectivity index (χ1v) is 8.71. The molecule has 1 rings (SSSR count). The van der Waals surface area contributed by atoms with E-state index < -0.39 is 0 Å². The van der Waals surface area contributed by atoms with Crippen molar-refractivity contribution < 1.29 is 4.39 Å². The van der Waals surface area contributed by atoms with Gasteiger partial charge in [-0.25, -0.2) is 4.39 Å². The Balaban J connectivity index is 2.87. The molecule has 0 aliphatic carbocycles. The first-order valence-electron chi connectivity index (χ1n) is 7.92. The monoisotopic (exact) mass is 357 g/mol. The van der Waals surface area contributed by atoms with Gasteiger partial charge in [0.05, 0.1) is 4.47 Å². The maximum Gasteiger partial charge on any atom is 0.142 e. The van der Waals surface area contributed by atoms with Gasteiger partial charge >= 0.3 is 0 Å². The van der Waals surface area contributed by atoms with Crippen LogP contribution in [0, 0.1) is 17.2 Å². The Morgan fingerprint density at radius 1 is 1.29 bits per heavy atom. The maximum absolute atomic E-state index is 14.4. The van der Waals surface area contributed by atoms with Crippen molar-refractivity contribution in [2.45, 2.75) is 59.9 Å². The van der Waals surface area contributed by atoms with Gasteiger partial charge in [-0.1, -0.05) is 46.8 Å². The van der Waals surface area contributed by atoms with Gasteiger partial charge in [-0.15, -0.1) is 0 Å². The standard InChI is InChI=1S/C18H29BrFN/c1-6-10-21-16(11-13(2)12-18(3,4)5)14-8-7-9-15(19)17(14)20/h7-9,13,16,21H,6,10-12H2,1-5H3. The average Bonchev–Trinajstić information content (AvgIpc) is 2.36.